The van der Waals surface area contributed by atoms with E-state index >= 15 is 0 Å². The predicted molar refractivity (Wildman–Crippen MR) is 346 cm³/mol. The Morgan fingerprint density at radius 3 is 1.06 bits per heavy atom. The van der Waals surface area contributed by atoms with Crippen LogP contribution in [-0.4, -0.2) is 87.4 Å². The van der Waals surface area contributed by atoms with E-state index in [4.69, 9.17) is 18.9 Å². The highest BCUT2D eigenvalue weighted by atomic mass is 16.7. The molecule has 0 fully saturated rings. The molecular formula is C72H128NO8+. The number of quaternary nitrogens is 1. The number of likely N-dealkylation sites (N-methyl/N-ethyl adjacent to an activating group) is 1. The van der Waals surface area contributed by atoms with Gasteiger partial charge in [0.2, 0.25) is 0 Å². The van der Waals surface area contributed by atoms with Crippen LogP contribution >= 0.6 is 0 Å². The van der Waals surface area contributed by atoms with Gasteiger partial charge in [-0.15, -0.1) is 0 Å². The quantitative estimate of drug-likeness (QED) is 0.0211. The number of unbranched alkanes of at least 4 members (excludes halogenated alkanes) is 33. The van der Waals surface area contributed by atoms with Gasteiger partial charge in [-0.3, -0.25) is 9.59 Å². The molecule has 2 atom stereocenters. The van der Waals surface area contributed by atoms with Crippen LogP contribution in [0.1, 0.15) is 296 Å². The number of rotatable bonds is 62. The van der Waals surface area contributed by atoms with E-state index in [1.54, 1.807) is 0 Å². The summed E-state index contributed by atoms with van der Waals surface area (Å²) in [6.07, 6.45) is 81.4. The molecule has 81 heavy (non-hydrogen) atoms. The van der Waals surface area contributed by atoms with E-state index in [2.05, 4.69) is 98.9 Å². The number of ether oxygens (including phenoxy) is 4. The molecule has 0 heterocycles. The number of carbonyl (C=O) groups is 3. The highest BCUT2D eigenvalue weighted by Crippen LogP contribution is 2.17. The van der Waals surface area contributed by atoms with E-state index in [0.29, 0.717) is 23.9 Å². The molecule has 0 spiro atoms. The van der Waals surface area contributed by atoms with Crippen LogP contribution < -0.4 is 0 Å². The standard InChI is InChI=1S/C72H127NO8/c1-6-8-10-12-14-16-18-20-22-24-26-27-28-29-30-31-32-33-34-35-36-37-38-39-40-41-42-43-45-46-48-50-52-54-56-58-60-62-69(74)79-66-68(67-80-72(71(76)77)78-65-64-73(3,4)5)81-70(75)63-61-59-57-55-53-51-49-47-44-25-23-21-19-17-15-13-11-9-7-2/h9,11,15,17-18,20-21,23-24,26,44,47,51,53,68,72H,6-8,10,12-14,16,19,22,25,27-43,45-46,48-50,52,54-67H2,1-5H3/p+1/b11-9-,17-15-,20-18-,23-21-,26-24-,47-44-,53-51-. The largest absolute Gasteiger partial charge is 0.477 e. The summed E-state index contributed by atoms with van der Waals surface area (Å²) in [5.74, 6) is -2.04. The Hall–Kier alpha value is -3.53. The summed E-state index contributed by atoms with van der Waals surface area (Å²) < 4.78 is 22.9. The lowest BCUT2D eigenvalue weighted by Crippen LogP contribution is -2.40. The maximum atomic E-state index is 12.9. The third-order valence-electron chi connectivity index (χ3n) is 14.6. The number of carbonyl (C=O) groups excluding carboxylic acids is 2. The topological polar surface area (TPSA) is 108 Å². The van der Waals surface area contributed by atoms with Crippen molar-refractivity contribution < 1.29 is 42.9 Å². The van der Waals surface area contributed by atoms with Gasteiger partial charge >= 0.3 is 17.9 Å². The maximum Gasteiger partial charge on any atom is 0.361 e. The Bertz CT molecular complexity index is 1600. The summed E-state index contributed by atoms with van der Waals surface area (Å²) >= 11 is 0. The van der Waals surface area contributed by atoms with E-state index in [-0.39, 0.29) is 32.2 Å². The molecule has 0 aromatic heterocycles. The van der Waals surface area contributed by atoms with Crippen molar-refractivity contribution in [1.82, 2.24) is 0 Å². The molecule has 0 aliphatic heterocycles. The molecule has 0 bridgehead atoms. The second kappa shape index (κ2) is 62.5. The minimum atomic E-state index is -1.52. The Labute approximate surface area is 500 Å². The Morgan fingerprint density at radius 1 is 0.383 bits per heavy atom. The van der Waals surface area contributed by atoms with Gasteiger partial charge in [-0.05, 0) is 89.9 Å². The summed E-state index contributed by atoms with van der Waals surface area (Å²) in [5, 5.41) is 9.72. The highest BCUT2D eigenvalue weighted by Gasteiger charge is 2.25. The van der Waals surface area contributed by atoms with Gasteiger partial charge in [0.25, 0.3) is 6.29 Å². The molecule has 9 nitrogen and oxygen atoms in total. The van der Waals surface area contributed by atoms with Crippen LogP contribution in [-0.2, 0) is 33.3 Å². The van der Waals surface area contributed by atoms with Crippen molar-refractivity contribution >= 4 is 17.9 Å². The van der Waals surface area contributed by atoms with E-state index in [9.17, 15) is 19.5 Å². The molecule has 0 aromatic rings. The first-order valence-electron chi connectivity index (χ1n) is 33.8. The van der Waals surface area contributed by atoms with Gasteiger partial charge in [0.05, 0.1) is 34.4 Å². The van der Waals surface area contributed by atoms with Crippen molar-refractivity contribution in [3.05, 3.63) is 85.1 Å². The number of esters is 2. The number of carboxylic acids is 1. The molecule has 468 valence electrons. The summed E-state index contributed by atoms with van der Waals surface area (Å²) in [7, 11) is 5.96. The van der Waals surface area contributed by atoms with E-state index in [0.717, 1.165) is 77.0 Å². The third kappa shape index (κ3) is 63.9. The van der Waals surface area contributed by atoms with Crippen LogP contribution in [0.15, 0.2) is 85.1 Å². The first kappa shape index (κ1) is 77.5. The summed E-state index contributed by atoms with van der Waals surface area (Å²) in [5.41, 5.74) is 0. The first-order valence-corrected chi connectivity index (χ1v) is 33.8. The zero-order valence-corrected chi connectivity index (χ0v) is 53.4. The average Bonchev–Trinajstić information content (AvgIpc) is 3.44. The molecule has 0 aliphatic rings. The fraction of sp³-hybridized carbons (Fsp3) is 0.764. The van der Waals surface area contributed by atoms with Gasteiger partial charge < -0.3 is 28.5 Å². The lowest BCUT2D eigenvalue weighted by Gasteiger charge is -2.25. The van der Waals surface area contributed by atoms with Crippen LogP contribution in [0.3, 0.4) is 0 Å². The molecule has 0 saturated heterocycles. The van der Waals surface area contributed by atoms with Crippen LogP contribution in [0.2, 0.25) is 0 Å². The summed E-state index contributed by atoms with van der Waals surface area (Å²) in [6, 6.07) is 0. The van der Waals surface area contributed by atoms with Crippen molar-refractivity contribution in [2.24, 2.45) is 0 Å². The van der Waals surface area contributed by atoms with Gasteiger partial charge in [-0.2, -0.15) is 0 Å². The molecule has 0 aliphatic carbocycles. The lowest BCUT2D eigenvalue weighted by molar-refractivity contribution is -0.870. The minimum Gasteiger partial charge on any atom is -0.477 e. The van der Waals surface area contributed by atoms with E-state index < -0.39 is 24.3 Å². The van der Waals surface area contributed by atoms with E-state index in [1.165, 1.54) is 186 Å². The molecule has 0 radical (unpaired) electrons. The Morgan fingerprint density at radius 2 is 0.704 bits per heavy atom. The van der Waals surface area contributed by atoms with Crippen molar-refractivity contribution in [3.8, 4) is 0 Å². The van der Waals surface area contributed by atoms with Crippen molar-refractivity contribution in [2.75, 3.05) is 47.5 Å². The van der Waals surface area contributed by atoms with Crippen LogP contribution in [0.25, 0.3) is 0 Å². The molecule has 0 amide bonds. The minimum absolute atomic E-state index is 0.179. The lowest BCUT2D eigenvalue weighted by atomic mass is 10.0. The summed E-state index contributed by atoms with van der Waals surface area (Å²) in [4.78, 5) is 37.5. The van der Waals surface area contributed by atoms with Crippen molar-refractivity contribution in [2.45, 2.75) is 309 Å². The fourth-order valence-electron chi connectivity index (χ4n) is 9.48. The van der Waals surface area contributed by atoms with Crippen molar-refractivity contribution in [1.29, 1.82) is 0 Å². The molecular weight excluding hydrogens is 1010 g/mol. The Kier molecular flexibility index (Phi) is 59.8. The second-order valence-corrected chi connectivity index (χ2v) is 23.7. The van der Waals surface area contributed by atoms with Gasteiger partial charge in [0.15, 0.2) is 6.10 Å². The van der Waals surface area contributed by atoms with E-state index in [1.807, 2.05) is 21.1 Å². The van der Waals surface area contributed by atoms with Gasteiger partial charge in [-0.1, -0.05) is 279 Å². The monoisotopic (exact) mass is 1130 g/mol. The predicted octanol–water partition coefficient (Wildman–Crippen LogP) is 20.7. The number of carboxylic acid groups (broad SMARTS) is 1. The average molecular weight is 1140 g/mol. The number of hydrogen-bond donors (Lipinski definition) is 1. The van der Waals surface area contributed by atoms with Crippen LogP contribution in [0.4, 0.5) is 0 Å². The number of aliphatic carboxylic acids is 1. The van der Waals surface area contributed by atoms with Gasteiger partial charge in [0, 0.05) is 12.8 Å². The smallest absolute Gasteiger partial charge is 0.361 e. The van der Waals surface area contributed by atoms with Crippen LogP contribution in [0, 0.1) is 0 Å². The maximum absolute atomic E-state index is 12.9. The molecule has 9 heteroatoms. The molecule has 0 aromatic carbocycles. The molecule has 0 rings (SSSR count). The van der Waals surface area contributed by atoms with Gasteiger partial charge in [-0.25, -0.2) is 4.79 Å². The third-order valence-corrected chi connectivity index (χ3v) is 14.6. The number of hydrogen-bond acceptors (Lipinski definition) is 7. The zero-order valence-electron chi connectivity index (χ0n) is 53.4. The number of nitrogens with zero attached hydrogens (tertiary/aromatic N) is 1. The normalized spacial score (nSPS) is 13.2. The number of allylic oxidation sites excluding steroid dienone is 14. The SMILES string of the molecule is CC/C=C\C/C=C\C/C=C\C/C=C\C/C=C\CCCCCC(=O)OC(COC(=O)CCCCCCCCCCCCCCCCCCCCCCCCCCC/C=C\C/C=C\CCCCCCC)COC(OCC[N+](C)(C)C)C(=O)O. The van der Waals surface area contributed by atoms with Crippen LogP contribution in [0.5, 0.6) is 0 Å². The first-order chi connectivity index (χ1) is 39.6. The highest BCUT2D eigenvalue weighted by molar-refractivity contribution is 5.71. The van der Waals surface area contributed by atoms with Gasteiger partial charge in [0.1, 0.15) is 13.2 Å². The van der Waals surface area contributed by atoms with Crippen molar-refractivity contribution in [3.63, 3.8) is 0 Å². The molecule has 1 N–H and O–H groups in total. The second-order valence-electron chi connectivity index (χ2n) is 23.7. The fourth-order valence-corrected chi connectivity index (χ4v) is 9.48. The molecule has 0 saturated carbocycles. The Balaban J connectivity index is 4.04. The summed E-state index contributed by atoms with van der Waals surface area (Å²) in [6.45, 7) is 4.73. The molecule has 2 unspecified atom stereocenters. The zero-order chi connectivity index (χ0) is 59.1.